The Kier molecular flexibility index (Phi) is 2.26. The fourth-order valence-corrected chi connectivity index (χ4v) is 0.750. The van der Waals surface area contributed by atoms with Gasteiger partial charge in [0, 0.05) is 7.05 Å². The molecule has 1 aromatic heterocycles. The van der Waals surface area contributed by atoms with E-state index in [-0.39, 0.29) is 5.82 Å². The van der Waals surface area contributed by atoms with E-state index in [1.54, 1.807) is 0 Å². The molecule has 3 N–H and O–H groups in total. The molecule has 0 radical (unpaired) electrons. The van der Waals surface area contributed by atoms with E-state index in [0.717, 1.165) is 6.07 Å². The third-order valence-corrected chi connectivity index (χ3v) is 1.38. The van der Waals surface area contributed by atoms with Gasteiger partial charge in [0.05, 0.1) is 0 Å². The highest BCUT2D eigenvalue weighted by Gasteiger charge is 2.34. The van der Waals surface area contributed by atoms with Gasteiger partial charge in [0.1, 0.15) is 11.4 Å². The average molecular weight is 192 g/mol. The molecule has 0 atom stereocenters. The lowest BCUT2D eigenvalue weighted by Crippen LogP contribution is -2.12. The fraction of sp³-hybridized carbons (Fsp3) is 0.333. The van der Waals surface area contributed by atoms with Crippen LogP contribution < -0.4 is 11.1 Å². The zero-order chi connectivity index (χ0) is 10.1. The highest BCUT2D eigenvalue weighted by Crippen LogP contribution is 2.32. The molecule has 1 aromatic rings. The van der Waals surface area contributed by atoms with Crippen molar-refractivity contribution in [3.05, 3.63) is 11.6 Å². The second-order valence-corrected chi connectivity index (χ2v) is 2.28. The zero-order valence-electron chi connectivity index (χ0n) is 6.68. The van der Waals surface area contributed by atoms with Crippen LogP contribution in [0.25, 0.3) is 0 Å². The van der Waals surface area contributed by atoms with Crippen LogP contribution in [0.15, 0.2) is 6.07 Å². The van der Waals surface area contributed by atoms with E-state index in [2.05, 4.69) is 15.5 Å². The van der Waals surface area contributed by atoms with Gasteiger partial charge in [-0.05, 0) is 6.07 Å². The molecular weight excluding hydrogens is 185 g/mol. The van der Waals surface area contributed by atoms with Crippen LogP contribution in [0.2, 0.25) is 0 Å². The molecule has 1 rings (SSSR count). The van der Waals surface area contributed by atoms with Gasteiger partial charge >= 0.3 is 6.18 Å². The maximum atomic E-state index is 12.2. The first-order valence-electron chi connectivity index (χ1n) is 3.33. The molecule has 0 saturated carbocycles. The molecule has 0 fully saturated rings. The van der Waals surface area contributed by atoms with Crippen molar-refractivity contribution in [1.82, 2.24) is 10.2 Å². The summed E-state index contributed by atoms with van der Waals surface area (Å²) in [4.78, 5) is 0. The van der Waals surface area contributed by atoms with Crippen molar-refractivity contribution in [2.24, 2.45) is 0 Å². The lowest BCUT2D eigenvalue weighted by molar-refractivity contribution is -0.137. The topological polar surface area (TPSA) is 63.8 Å². The van der Waals surface area contributed by atoms with Crippen molar-refractivity contribution in [2.75, 3.05) is 18.1 Å². The smallest absolute Gasteiger partial charge is 0.382 e. The van der Waals surface area contributed by atoms with Crippen molar-refractivity contribution in [2.45, 2.75) is 6.18 Å². The van der Waals surface area contributed by atoms with Crippen molar-refractivity contribution < 1.29 is 13.2 Å². The number of hydrogen-bond donors (Lipinski definition) is 2. The number of nitrogens with one attached hydrogen (secondary N) is 1. The number of alkyl halides is 3. The number of nitrogen functional groups attached to an aromatic ring is 1. The van der Waals surface area contributed by atoms with Gasteiger partial charge in [0.25, 0.3) is 0 Å². The molecule has 7 heteroatoms. The van der Waals surface area contributed by atoms with Gasteiger partial charge in [-0.2, -0.15) is 13.2 Å². The number of nitrogens with two attached hydrogens (primary N) is 1. The summed E-state index contributed by atoms with van der Waals surface area (Å²) in [5, 5.41) is 8.98. The molecule has 4 nitrogen and oxygen atoms in total. The van der Waals surface area contributed by atoms with Gasteiger partial charge in [-0.3, -0.25) is 0 Å². The van der Waals surface area contributed by atoms with Crippen LogP contribution in [0.1, 0.15) is 5.56 Å². The third-order valence-electron chi connectivity index (χ3n) is 1.38. The average Bonchev–Trinajstić information content (AvgIpc) is 2.03. The molecule has 0 unspecified atom stereocenters. The summed E-state index contributed by atoms with van der Waals surface area (Å²) in [5.41, 5.74) is 4.03. The van der Waals surface area contributed by atoms with E-state index in [4.69, 9.17) is 5.73 Å². The number of halogens is 3. The Hall–Kier alpha value is -1.53. The summed E-state index contributed by atoms with van der Waals surface area (Å²) in [6.45, 7) is 0. The molecule has 0 aliphatic carbocycles. The molecule has 0 spiro atoms. The molecular formula is C6H7F3N4. The summed E-state index contributed by atoms with van der Waals surface area (Å²) >= 11 is 0. The summed E-state index contributed by atoms with van der Waals surface area (Å²) in [7, 11) is 1.44. The summed E-state index contributed by atoms with van der Waals surface area (Å²) in [6, 6.07) is 0.808. The summed E-state index contributed by atoms with van der Waals surface area (Å²) in [5.74, 6) is -0.590. The lowest BCUT2D eigenvalue weighted by atomic mass is 10.2. The van der Waals surface area contributed by atoms with Gasteiger partial charge in [-0.25, -0.2) is 0 Å². The van der Waals surface area contributed by atoms with Crippen LogP contribution in [0.5, 0.6) is 0 Å². The summed E-state index contributed by atoms with van der Waals surface area (Å²) in [6.07, 6.45) is -4.49. The number of nitrogens with zero attached hydrogens (tertiary/aromatic N) is 2. The predicted octanol–water partition coefficient (Wildman–Crippen LogP) is 1.12. The standard InChI is InChI=1S/C6H7F3N4/c1-11-4-2-3(6(7,8)9)5(10)13-12-4/h2H,1H3,(H2,10,13)(H,11,12). The van der Waals surface area contributed by atoms with Crippen LogP contribution in [0.3, 0.4) is 0 Å². The Morgan fingerprint density at radius 2 is 2.00 bits per heavy atom. The van der Waals surface area contributed by atoms with Crippen LogP contribution in [-0.4, -0.2) is 17.2 Å². The highest BCUT2D eigenvalue weighted by molar-refractivity contribution is 5.47. The number of anilines is 2. The minimum absolute atomic E-state index is 0.0292. The monoisotopic (exact) mass is 192 g/mol. The minimum atomic E-state index is -4.49. The maximum Gasteiger partial charge on any atom is 0.420 e. The zero-order valence-corrected chi connectivity index (χ0v) is 6.68. The van der Waals surface area contributed by atoms with Gasteiger partial charge < -0.3 is 11.1 Å². The van der Waals surface area contributed by atoms with Gasteiger partial charge in [0.2, 0.25) is 0 Å². The SMILES string of the molecule is CNc1cc(C(F)(F)F)c(N)nn1. The maximum absolute atomic E-state index is 12.2. The minimum Gasteiger partial charge on any atom is -0.382 e. The number of rotatable bonds is 1. The Bertz CT molecular complexity index is 309. The molecule has 13 heavy (non-hydrogen) atoms. The Morgan fingerprint density at radius 1 is 1.38 bits per heavy atom. The third kappa shape index (κ3) is 1.98. The van der Waals surface area contributed by atoms with Gasteiger partial charge in [0.15, 0.2) is 5.82 Å². The van der Waals surface area contributed by atoms with Crippen LogP contribution in [0, 0.1) is 0 Å². The molecule has 0 aromatic carbocycles. The summed E-state index contributed by atoms with van der Waals surface area (Å²) < 4.78 is 36.6. The first-order valence-corrected chi connectivity index (χ1v) is 3.33. The van der Waals surface area contributed by atoms with E-state index < -0.39 is 17.6 Å². The quantitative estimate of drug-likeness (QED) is 0.699. The van der Waals surface area contributed by atoms with Gasteiger partial charge in [-0.15, -0.1) is 10.2 Å². The molecule has 0 saturated heterocycles. The molecule has 72 valence electrons. The van der Waals surface area contributed by atoms with E-state index in [1.165, 1.54) is 7.05 Å². The van der Waals surface area contributed by atoms with Crippen LogP contribution >= 0.6 is 0 Å². The molecule has 0 aliphatic heterocycles. The van der Waals surface area contributed by atoms with Crippen molar-refractivity contribution in [3.63, 3.8) is 0 Å². The first-order chi connectivity index (χ1) is 5.95. The van der Waals surface area contributed by atoms with Crippen LogP contribution in [0.4, 0.5) is 24.8 Å². The molecule has 1 heterocycles. The second kappa shape index (κ2) is 3.08. The largest absolute Gasteiger partial charge is 0.420 e. The highest BCUT2D eigenvalue weighted by atomic mass is 19.4. The van der Waals surface area contributed by atoms with Crippen LogP contribution in [-0.2, 0) is 6.18 Å². The number of hydrogen-bond acceptors (Lipinski definition) is 4. The van der Waals surface area contributed by atoms with E-state index >= 15 is 0 Å². The van der Waals surface area contributed by atoms with Crippen molar-refractivity contribution >= 4 is 11.6 Å². The van der Waals surface area contributed by atoms with Crippen molar-refractivity contribution in [1.29, 1.82) is 0 Å². The Labute approximate surface area is 72.0 Å². The molecule has 0 amide bonds. The molecule has 0 bridgehead atoms. The van der Waals surface area contributed by atoms with E-state index in [9.17, 15) is 13.2 Å². The van der Waals surface area contributed by atoms with Gasteiger partial charge in [-0.1, -0.05) is 0 Å². The normalized spacial score (nSPS) is 11.4. The van der Waals surface area contributed by atoms with E-state index in [1.807, 2.05) is 0 Å². The first kappa shape index (κ1) is 9.56. The molecule has 0 aliphatic rings. The van der Waals surface area contributed by atoms with Crippen molar-refractivity contribution in [3.8, 4) is 0 Å². The Balaban J connectivity index is 3.19. The second-order valence-electron chi connectivity index (χ2n) is 2.28. The fourth-order valence-electron chi connectivity index (χ4n) is 0.750. The lowest BCUT2D eigenvalue weighted by Gasteiger charge is -2.09. The van der Waals surface area contributed by atoms with E-state index in [0.29, 0.717) is 0 Å². The number of aromatic nitrogens is 2. The Morgan fingerprint density at radius 3 is 2.46 bits per heavy atom. The predicted molar refractivity (Wildman–Crippen MR) is 41.0 cm³/mol.